The Balaban J connectivity index is 0.00000420. The average Bonchev–Trinajstić information content (AvgIpc) is 2.62. The fourth-order valence-corrected chi connectivity index (χ4v) is 2.77. The Bertz CT molecular complexity index is 818. The van der Waals surface area contributed by atoms with Crippen LogP contribution in [0.3, 0.4) is 0 Å². The van der Waals surface area contributed by atoms with Crippen molar-refractivity contribution in [3.63, 3.8) is 0 Å². The Labute approximate surface area is 179 Å². The molecule has 0 atom stereocenters. The Morgan fingerprint density at radius 2 is 1.17 bits per heavy atom. The third-order valence-corrected chi connectivity index (χ3v) is 4.06. The van der Waals surface area contributed by atoms with Gasteiger partial charge in [0.15, 0.2) is 5.78 Å². The smallest absolute Gasteiger partial charge is 0.178 e. The van der Waals surface area contributed by atoms with Crippen molar-refractivity contribution in [2.24, 2.45) is 0 Å². The van der Waals surface area contributed by atoms with Gasteiger partial charge >= 0.3 is 0 Å². The van der Waals surface area contributed by atoms with E-state index in [0.717, 1.165) is 22.3 Å². The van der Waals surface area contributed by atoms with E-state index >= 15 is 0 Å². The van der Waals surface area contributed by atoms with Crippen LogP contribution in [-0.2, 0) is 17.9 Å². The molecule has 2 rings (SSSR count). The maximum Gasteiger partial charge on any atom is 0.178 e. The molecule has 2 aromatic rings. The molecular weight excluding hydrogens is 388 g/mol. The lowest BCUT2D eigenvalue weighted by atomic mass is 10.1. The van der Waals surface area contributed by atoms with E-state index < -0.39 is 0 Å². The van der Waals surface area contributed by atoms with Gasteiger partial charge in [-0.1, -0.05) is 24.3 Å². The zero-order chi connectivity index (χ0) is 20.7. The highest BCUT2D eigenvalue weighted by atomic mass is 35.5. The second kappa shape index (κ2) is 11.4. The summed E-state index contributed by atoms with van der Waals surface area (Å²) in [5, 5.41) is 19.8. The first kappa shape index (κ1) is 24.4. The van der Waals surface area contributed by atoms with Crippen molar-refractivity contribution in [2.45, 2.75) is 13.1 Å². The predicted molar refractivity (Wildman–Crippen MR) is 121 cm³/mol. The van der Waals surface area contributed by atoms with Crippen LogP contribution >= 0.6 is 12.4 Å². The molecule has 6 heteroatoms. The fourth-order valence-electron chi connectivity index (χ4n) is 2.77. The molecule has 5 nitrogen and oxygen atoms in total. The Morgan fingerprint density at radius 1 is 0.793 bits per heavy atom. The van der Waals surface area contributed by atoms with E-state index in [1.165, 1.54) is 12.2 Å². The number of hydrogen-bond donors (Lipinski definition) is 2. The molecule has 156 valence electrons. The highest BCUT2D eigenvalue weighted by Gasteiger charge is 2.04. The van der Waals surface area contributed by atoms with Crippen molar-refractivity contribution in [2.75, 3.05) is 28.2 Å². The first-order valence-corrected chi connectivity index (χ1v) is 9.08. The second-order valence-electron chi connectivity index (χ2n) is 7.32. The van der Waals surface area contributed by atoms with Crippen LogP contribution in [0.5, 0.6) is 11.5 Å². The largest absolute Gasteiger partial charge is 0.508 e. The summed E-state index contributed by atoms with van der Waals surface area (Å²) in [6.45, 7) is 1.25. The van der Waals surface area contributed by atoms with Crippen LogP contribution in [0.25, 0.3) is 12.2 Å². The Morgan fingerprint density at radius 3 is 1.52 bits per heavy atom. The normalized spacial score (nSPS) is 11.5. The first-order chi connectivity index (χ1) is 13.2. The van der Waals surface area contributed by atoms with E-state index in [-0.39, 0.29) is 29.7 Å². The monoisotopic (exact) mass is 416 g/mol. The SMILES string of the molecule is CN(C)Cc1cc(/C=C/C(=O)/C=C/c2ccc(O)c(CN(C)C)c2)ccc1O.Cl. The number of benzene rings is 2. The van der Waals surface area contributed by atoms with Crippen LogP contribution in [0.15, 0.2) is 48.6 Å². The van der Waals surface area contributed by atoms with Gasteiger partial charge in [0.25, 0.3) is 0 Å². The summed E-state index contributed by atoms with van der Waals surface area (Å²) < 4.78 is 0. The number of ketones is 1. The van der Waals surface area contributed by atoms with Gasteiger partial charge in [-0.2, -0.15) is 0 Å². The molecule has 0 radical (unpaired) electrons. The summed E-state index contributed by atoms with van der Waals surface area (Å²) >= 11 is 0. The molecule has 2 aromatic carbocycles. The standard InChI is InChI=1S/C23H28N2O3.ClH/c1-24(2)15-19-13-17(7-11-22(19)27)5-9-21(26)10-6-18-8-12-23(28)20(14-18)16-25(3)4;/h5-14,27-28H,15-16H2,1-4H3;1H/b9-5+,10-6+;. The van der Waals surface area contributed by atoms with Crippen molar-refractivity contribution in [1.82, 2.24) is 9.80 Å². The van der Waals surface area contributed by atoms with Crippen molar-refractivity contribution in [1.29, 1.82) is 0 Å². The number of carbonyl (C=O) groups excluding carboxylic acids is 1. The number of rotatable bonds is 8. The van der Waals surface area contributed by atoms with Crippen molar-refractivity contribution in [3.05, 3.63) is 70.8 Å². The summed E-state index contributed by atoms with van der Waals surface area (Å²) in [5.41, 5.74) is 3.34. The molecule has 0 aliphatic rings. The number of nitrogens with zero attached hydrogens (tertiary/aromatic N) is 2. The molecule has 0 aliphatic heterocycles. The topological polar surface area (TPSA) is 64.0 Å². The predicted octanol–water partition coefficient (Wildman–Crippen LogP) is 3.94. The highest BCUT2D eigenvalue weighted by Crippen LogP contribution is 2.21. The van der Waals surface area contributed by atoms with Gasteiger partial charge in [-0.05, 0) is 75.7 Å². The summed E-state index contributed by atoms with van der Waals surface area (Å²) in [6, 6.07) is 10.6. The molecule has 0 saturated carbocycles. The highest BCUT2D eigenvalue weighted by molar-refractivity contribution is 6.04. The van der Waals surface area contributed by atoms with Crippen LogP contribution in [0, 0.1) is 0 Å². The molecule has 0 saturated heterocycles. The molecule has 29 heavy (non-hydrogen) atoms. The van der Waals surface area contributed by atoms with Crippen molar-refractivity contribution < 1.29 is 15.0 Å². The molecule has 0 aromatic heterocycles. The summed E-state index contributed by atoms with van der Waals surface area (Å²) in [6.07, 6.45) is 6.48. The quantitative estimate of drug-likeness (QED) is 0.638. The van der Waals surface area contributed by atoms with Gasteiger partial charge in [0.1, 0.15) is 11.5 Å². The van der Waals surface area contributed by atoms with Gasteiger partial charge in [0.2, 0.25) is 0 Å². The third-order valence-electron chi connectivity index (χ3n) is 4.06. The third kappa shape index (κ3) is 8.11. The van der Waals surface area contributed by atoms with Gasteiger partial charge < -0.3 is 20.0 Å². The lowest BCUT2D eigenvalue weighted by molar-refractivity contribution is -0.110. The van der Waals surface area contributed by atoms with Gasteiger partial charge in [-0.15, -0.1) is 12.4 Å². The van der Waals surface area contributed by atoms with Crippen LogP contribution < -0.4 is 0 Å². The van der Waals surface area contributed by atoms with Crippen LogP contribution in [-0.4, -0.2) is 54.0 Å². The summed E-state index contributed by atoms with van der Waals surface area (Å²) in [5.74, 6) is 0.361. The molecule has 0 bridgehead atoms. The Kier molecular flexibility index (Phi) is 9.62. The van der Waals surface area contributed by atoms with E-state index in [1.54, 1.807) is 36.4 Å². The van der Waals surface area contributed by atoms with E-state index in [0.29, 0.717) is 13.1 Å². The first-order valence-electron chi connectivity index (χ1n) is 9.08. The average molecular weight is 417 g/mol. The van der Waals surface area contributed by atoms with Gasteiger partial charge in [-0.25, -0.2) is 0 Å². The second-order valence-corrected chi connectivity index (χ2v) is 7.32. The number of allylic oxidation sites excluding steroid dienone is 2. The van der Waals surface area contributed by atoms with Crippen LogP contribution in [0.1, 0.15) is 22.3 Å². The molecule has 0 spiro atoms. The molecule has 0 amide bonds. The minimum absolute atomic E-state index is 0. The number of hydrogen-bond acceptors (Lipinski definition) is 5. The van der Waals surface area contributed by atoms with Gasteiger partial charge in [0, 0.05) is 24.2 Å². The van der Waals surface area contributed by atoms with E-state index in [2.05, 4.69) is 0 Å². The Hall–Kier alpha value is -2.60. The van der Waals surface area contributed by atoms with Crippen molar-refractivity contribution in [3.8, 4) is 11.5 Å². The van der Waals surface area contributed by atoms with Crippen molar-refractivity contribution >= 4 is 30.3 Å². The number of halogens is 1. The fraction of sp³-hybridized carbons (Fsp3) is 0.261. The molecule has 0 aliphatic carbocycles. The zero-order valence-electron chi connectivity index (χ0n) is 17.3. The number of carbonyl (C=O) groups is 1. The number of phenolic OH excluding ortho intramolecular Hbond substituents is 2. The van der Waals surface area contributed by atoms with Crippen LogP contribution in [0.4, 0.5) is 0 Å². The van der Waals surface area contributed by atoms with Gasteiger partial charge in [-0.3, -0.25) is 4.79 Å². The maximum absolute atomic E-state index is 12.2. The van der Waals surface area contributed by atoms with E-state index in [1.807, 2.05) is 50.1 Å². The molecule has 0 heterocycles. The molecular formula is C23H29ClN2O3. The lowest BCUT2D eigenvalue weighted by Crippen LogP contribution is -2.10. The number of aromatic hydroxyl groups is 2. The molecule has 0 fully saturated rings. The zero-order valence-corrected chi connectivity index (χ0v) is 18.1. The maximum atomic E-state index is 12.2. The lowest BCUT2D eigenvalue weighted by Gasteiger charge is -2.11. The summed E-state index contributed by atoms with van der Waals surface area (Å²) in [4.78, 5) is 16.1. The van der Waals surface area contributed by atoms with E-state index in [9.17, 15) is 15.0 Å². The summed E-state index contributed by atoms with van der Waals surface area (Å²) in [7, 11) is 7.74. The molecule has 0 unspecified atom stereocenters. The number of phenols is 2. The molecule has 2 N–H and O–H groups in total. The minimum Gasteiger partial charge on any atom is -0.508 e. The minimum atomic E-state index is -0.135. The van der Waals surface area contributed by atoms with Crippen LogP contribution in [0.2, 0.25) is 0 Å². The van der Waals surface area contributed by atoms with E-state index in [4.69, 9.17) is 0 Å². The van der Waals surface area contributed by atoms with Gasteiger partial charge in [0.05, 0.1) is 0 Å².